The van der Waals surface area contributed by atoms with E-state index < -0.39 is 0 Å². The van der Waals surface area contributed by atoms with Crippen LogP contribution >= 0.6 is 12.2 Å². The van der Waals surface area contributed by atoms with Crippen LogP contribution in [0.2, 0.25) is 0 Å². The Labute approximate surface area is 134 Å². The molecule has 110 valence electrons. The van der Waals surface area contributed by atoms with Crippen LogP contribution in [-0.2, 0) is 0 Å². The minimum Gasteiger partial charge on any atom is -0.331 e. The maximum Gasteiger partial charge on any atom is 0.257 e. The number of hydrogen-bond acceptors (Lipinski definition) is 3. The zero-order chi connectivity index (χ0) is 16.1. The van der Waals surface area contributed by atoms with Gasteiger partial charge in [0.2, 0.25) is 0 Å². The van der Waals surface area contributed by atoms with Crippen LogP contribution < -0.4 is 10.6 Å². The summed E-state index contributed by atoms with van der Waals surface area (Å²) >= 11 is 5.13. The molecule has 5 heteroatoms. The molecule has 0 aliphatic rings. The molecule has 0 fully saturated rings. The van der Waals surface area contributed by atoms with Gasteiger partial charge < -0.3 is 5.32 Å². The van der Waals surface area contributed by atoms with E-state index in [2.05, 4.69) is 16.7 Å². The molecule has 22 heavy (non-hydrogen) atoms. The van der Waals surface area contributed by atoms with E-state index in [0.29, 0.717) is 16.8 Å². The zero-order valence-electron chi connectivity index (χ0n) is 12.3. The molecule has 0 unspecified atom stereocenters. The smallest absolute Gasteiger partial charge is 0.257 e. The second-order valence-corrected chi connectivity index (χ2v) is 5.35. The van der Waals surface area contributed by atoms with E-state index in [-0.39, 0.29) is 11.0 Å². The molecule has 0 spiro atoms. The summed E-state index contributed by atoms with van der Waals surface area (Å²) in [6, 6.07) is 14.6. The molecule has 0 aliphatic carbocycles. The highest BCUT2D eigenvalue weighted by Crippen LogP contribution is 2.13. The first-order chi connectivity index (χ1) is 10.5. The van der Waals surface area contributed by atoms with Crippen molar-refractivity contribution in [1.82, 2.24) is 5.32 Å². The van der Waals surface area contributed by atoms with Gasteiger partial charge in [-0.3, -0.25) is 10.1 Å². The van der Waals surface area contributed by atoms with Gasteiger partial charge in [0.05, 0.1) is 11.3 Å². The number of amides is 1. The SMILES string of the molecule is Cc1cc(C)cc(C(=O)NC(=S)Nc2ccccc2C#N)c1. The predicted octanol–water partition coefficient (Wildman–Crippen LogP) is 3.30. The largest absolute Gasteiger partial charge is 0.331 e. The van der Waals surface area contributed by atoms with Gasteiger partial charge >= 0.3 is 0 Å². The lowest BCUT2D eigenvalue weighted by molar-refractivity contribution is 0.0977. The van der Waals surface area contributed by atoms with Gasteiger partial charge in [0, 0.05) is 5.56 Å². The molecule has 0 radical (unpaired) electrons. The number of anilines is 1. The molecule has 2 aromatic rings. The third kappa shape index (κ3) is 3.90. The average Bonchev–Trinajstić information content (AvgIpc) is 2.46. The molecule has 0 atom stereocenters. The maximum absolute atomic E-state index is 12.2. The summed E-state index contributed by atoms with van der Waals surface area (Å²) < 4.78 is 0. The summed E-state index contributed by atoms with van der Waals surface area (Å²) in [6.07, 6.45) is 0. The monoisotopic (exact) mass is 309 g/mol. The van der Waals surface area contributed by atoms with Crippen molar-refractivity contribution in [2.75, 3.05) is 5.32 Å². The number of thiocarbonyl (C=S) groups is 1. The topological polar surface area (TPSA) is 64.9 Å². The lowest BCUT2D eigenvalue weighted by atomic mass is 10.1. The molecule has 0 aliphatic heterocycles. The van der Waals surface area contributed by atoms with Gasteiger partial charge in [-0.15, -0.1) is 0 Å². The molecule has 2 aromatic carbocycles. The number of nitriles is 1. The van der Waals surface area contributed by atoms with Crippen LogP contribution in [0.3, 0.4) is 0 Å². The summed E-state index contributed by atoms with van der Waals surface area (Å²) in [5, 5.41) is 14.7. The second-order valence-electron chi connectivity index (χ2n) is 4.94. The molecule has 4 nitrogen and oxygen atoms in total. The quantitative estimate of drug-likeness (QED) is 0.835. The molecule has 1 amide bonds. The molecule has 2 rings (SSSR count). The van der Waals surface area contributed by atoms with Gasteiger partial charge in [-0.05, 0) is 50.3 Å². The van der Waals surface area contributed by atoms with Crippen molar-refractivity contribution in [2.24, 2.45) is 0 Å². The minimum absolute atomic E-state index is 0.159. The maximum atomic E-state index is 12.2. The van der Waals surface area contributed by atoms with Crippen molar-refractivity contribution in [2.45, 2.75) is 13.8 Å². The third-order valence-corrected chi connectivity index (χ3v) is 3.21. The first kappa shape index (κ1) is 15.7. The van der Waals surface area contributed by atoms with E-state index >= 15 is 0 Å². The number of nitrogens with zero attached hydrogens (tertiary/aromatic N) is 1. The predicted molar refractivity (Wildman–Crippen MR) is 90.8 cm³/mol. The summed E-state index contributed by atoms with van der Waals surface area (Å²) in [4.78, 5) is 12.2. The van der Waals surface area contributed by atoms with Crippen molar-refractivity contribution >= 4 is 28.9 Å². The van der Waals surface area contributed by atoms with Crippen molar-refractivity contribution in [3.8, 4) is 6.07 Å². The van der Waals surface area contributed by atoms with E-state index in [1.807, 2.05) is 19.9 Å². The Morgan fingerprint density at radius 2 is 1.77 bits per heavy atom. The Kier molecular flexibility index (Phi) is 4.87. The Bertz CT molecular complexity index is 757. The van der Waals surface area contributed by atoms with Crippen LogP contribution in [0.1, 0.15) is 27.0 Å². The normalized spacial score (nSPS) is 9.68. The fourth-order valence-electron chi connectivity index (χ4n) is 2.12. The first-order valence-corrected chi connectivity index (χ1v) is 7.10. The zero-order valence-corrected chi connectivity index (χ0v) is 13.1. The fourth-order valence-corrected chi connectivity index (χ4v) is 2.33. The van der Waals surface area contributed by atoms with Crippen molar-refractivity contribution in [3.05, 3.63) is 64.7 Å². The number of carbonyl (C=O) groups is 1. The standard InChI is InChI=1S/C17H15N3OS/c1-11-7-12(2)9-14(8-11)16(21)20-17(22)19-15-6-4-3-5-13(15)10-18/h3-9H,1-2H3,(H2,19,20,21,22). The molecule has 0 aromatic heterocycles. The molecular weight excluding hydrogens is 294 g/mol. The van der Waals surface area contributed by atoms with Crippen molar-refractivity contribution in [1.29, 1.82) is 5.26 Å². The third-order valence-electron chi connectivity index (χ3n) is 3.01. The first-order valence-electron chi connectivity index (χ1n) is 6.69. The average molecular weight is 309 g/mol. The number of aryl methyl sites for hydroxylation is 2. The van der Waals surface area contributed by atoms with E-state index in [9.17, 15) is 4.79 Å². The highest BCUT2D eigenvalue weighted by Gasteiger charge is 2.10. The number of benzene rings is 2. The van der Waals surface area contributed by atoms with E-state index in [1.54, 1.807) is 36.4 Å². The van der Waals surface area contributed by atoms with Crippen LogP contribution in [0.4, 0.5) is 5.69 Å². The van der Waals surface area contributed by atoms with Gasteiger partial charge in [0.1, 0.15) is 6.07 Å². The van der Waals surface area contributed by atoms with E-state index in [4.69, 9.17) is 17.5 Å². The lowest BCUT2D eigenvalue weighted by Gasteiger charge is -2.11. The summed E-state index contributed by atoms with van der Waals surface area (Å²) in [6.45, 7) is 3.87. The fraction of sp³-hybridized carbons (Fsp3) is 0.118. The van der Waals surface area contributed by atoms with Crippen molar-refractivity contribution < 1.29 is 4.79 Å². The molecule has 0 saturated heterocycles. The van der Waals surface area contributed by atoms with Crippen LogP contribution in [0, 0.1) is 25.2 Å². The summed E-state index contributed by atoms with van der Waals surface area (Å²) in [5.41, 5.74) is 3.61. The van der Waals surface area contributed by atoms with Gasteiger partial charge in [-0.25, -0.2) is 0 Å². The number of nitrogens with one attached hydrogen (secondary N) is 2. The van der Waals surface area contributed by atoms with Crippen LogP contribution in [-0.4, -0.2) is 11.0 Å². The van der Waals surface area contributed by atoms with E-state index in [0.717, 1.165) is 11.1 Å². The number of carbonyl (C=O) groups excluding carboxylic acids is 1. The number of hydrogen-bond donors (Lipinski definition) is 2. The molecule has 0 bridgehead atoms. The number of para-hydroxylation sites is 1. The van der Waals surface area contributed by atoms with E-state index in [1.165, 1.54) is 0 Å². The highest BCUT2D eigenvalue weighted by atomic mass is 32.1. The minimum atomic E-state index is -0.279. The van der Waals surface area contributed by atoms with Gasteiger partial charge in [-0.2, -0.15) is 5.26 Å². The van der Waals surface area contributed by atoms with Gasteiger partial charge in [0.25, 0.3) is 5.91 Å². The Morgan fingerprint density at radius 3 is 2.41 bits per heavy atom. The van der Waals surface area contributed by atoms with Gasteiger partial charge in [-0.1, -0.05) is 29.3 Å². The Morgan fingerprint density at radius 1 is 1.14 bits per heavy atom. The molecular formula is C17H15N3OS. The summed E-state index contributed by atoms with van der Waals surface area (Å²) in [7, 11) is 0. The Hall–Kier alpha value is -2.71. The van der Waals surface area contributed by atoms with Crippen LogP contribution in [0.5, 0.6) is 0 Å². The molecule has 0 saturated carbocycles. The molecule has 2 N–H and O–H groups in total. The van der Waals surface area contributed by atoms with Crippen LogP contribution in [0.15, 0.2) is 42.5 Å². The number of rotatable bonds is 2. The summed E-state index contributed by atoms with van der Waals surface area (Å²) in [5.74, 6) is -0.279. The van der Waals surface area contributed by atoms with Crippen molar-refractivity contribution in [3.63, 3.8) is 0 Å². The lowest BCUT2D eigenvalue weighted by Crippen LogP contribution is -2.34. The van der Waals surface area contributed by atoms with Crippen LogP contribution in [0.25, 0.3) is 0 Å². The molecule has 0 heterocycles. The Balaban J connectivity index is 2.09. The second kappa shape index (κ2) is 6.83. The van der Waals surface area contributed by atoms with Gasteiger partial charge in [0.15, 0.2) is 5.11 Å². The highest BCUT2D eigenvalue weighted by molar-refractivity contribution is 7.80.